The standard InChI is InChI=1S/C17H14Cl2F2N2O2/c1-9(11-6-15(21)13(19)7-12(11)18)23-16(24)8-22-17(25)10-4-2-3-5-14(10)20/h2-7,9H,8H2,1H3,(H,22,25)(H,23,24)/t9-/m0/s1. The third-order valence-corrected chi connectivity index (χ3v) is 4.03. The van der Waals surface area contributed by atoms with Crippen LogP contribution in [0, 0.1) is 11.6 Å². The number of rotatable bonds is 5. The lowest BCUT2D eigenvalue weighted by molar-refractivity contribution is -0.120. The lowest BCUT2D eigenvalue weighted by atomic mass is 10.1. The van der Waals surface area contributed by atoms with Crippen molar-refractivity contribution < 1.29 is 18.4 Å². The summed E-state index contributed by atoms with van der Waals surface area (Å²) >= 11 is 11.6. The normalized spacial score (nSPS) is 11.7. The number of amides is 2. The first kappa shape index (κ1) is 19.1. The number of carbonyl (C=O) groups excluding carboxylic acids is 2. The maximum absolute atomic E-state index is 13.5. The highest BCUT2D eigenvalue weighted by molar-refractivity contribution is 6.35. The van der Waals surface area contributed by atoms with Crippen molar-refractivity contribution >= 4 is 35.0 Å². The van der Waals surface area contributed by atoms with Gasteiger partial charge in [0.05, 0.1) is 23.2 Å². The Bertz CT molecular complexity index is 815. The van der Waals surface area contributed by atoms with E-state index in [-0.39, 0.29) is 22.2 Å². The van der Waals surface area contributed by atoms with Gasteiger partial charge in [-0.05, 0) is 36.8 Å². The minimum Gasteiger partial charge on any atom is -0.348 e. The fraction of sp³-hybridized carbons (Fsp3) is 0.176. The minimum atomic E-state index is -0.712. The van der Waals surface area contributed by atoms with Crippen molar-refractivity contribution in [2.75, 3.05) is 6.54 Å². The second-order valence-corrected chi connectivity index (χ2v) is 6.05. The maximum Gasteiger partial charge on any atom is 0.254 e. The number of nitrogens with one attached hydrogen (secondary N) is 2. The molecule has 0 unspecified atom stereocenters. The van der Waals surface area contributed by atoms with Crippen LogP contribution < -0.4 is 10.6 Å². The Kier molecular flexibility index (Phi) is 6.33. The molecule has 0 aliphatic heterocycles. The van der Waals surface area contributed by atoms with Gasteiger partial charge in [0.15, 0.2) is 0 Å². The highest BCUT2D eigenvalue weighted by Crippen LogP contribution is 2.28. The molecular weight excluding hydrogens is 373 g/mol. The van der Waals surface area contributed by atoms with Crippen molar-refractivity contribution in [1.29, 1.82) is 0 Å². The van der Waals surface area contributed by atoms with Crippen LogP contribution in [0.4, 0.5) is 8.78 Å². The highest BCUT2D eigenvalue weighted by atomic mass is 35.5. The van der Waals surface area contributed by atoms with Gasteiger partial charge in [0, 0.05) is 5.02 Å². The summed E-state index contributed by atoms with van der Waals surface area (Å²) in [5, 5.41) is 4.96. The van der Waals surface area contributed by atoms with Crippen LogP contribution in [-0.4, -0.2) is 18.4 Å². The number of benzene rings is 2. The highest BCUT2D eigenvalue weighted by Gasteiger charge is 2.17. The topological polar surface area (TPSA) is 58.2 Å². The molecule has 2 aromatic carbocycles. The molecule has 132 valence electrons. The summed E-state index contributed by atoms with van der Waals surface area (Å²) in [6, 6.07) is 7.18. The van der Waals surface area contributed by atoms with Crippen LogP contribution in [-0.2, 0) is 4.79 Å². The zero-order valence-corrected chi connectivity index (χ0v) is 14.6. The predicted octanol–water partition coefficient (Wildman–Crippen LogP) is 3.88. The van der Waals surface area contributed by atoms with E-state index in [0.717, 1.165) is 12.1 Å². The molecule has 0 bridgehead atoms. The molecule has 2 N–H and O–H groups in total. The molecule has 0 saturated heterocycles. The molecule has 2 rings (SSSR count). The molecule has 0 aliphatic rings. The molecule has 0 heterocycles. The van der Waals surface area contributed by atoms with Gasteiger partial charge in [0.25, 0.3) is 5.91 Å². The summed E-state index contributed by atoms with van der Waals surface area (Å²) < 4.78 is 27.0. The van der Waals surface area contributed by atoms with Crippen LogP contribution >= 0.6 is 23.2 Å². The molecule has 2 amide bonds. The van der Waals surface area contributed by atoms with E-state index in [1.54, 1.807) is 6.92 Å². The fourth-order valence-corrected chi connectivity index (χ4v) is 2.69. The van der Waals surface area contributed by atoms with Gasteiger partial charge >= 0.3 is 0 Å². The second kappa shape index (κ2) is 8.27. The molecular formula is C17H14Cl2F2N2O2. The molecule has 0 saturated carbocycles. The second-order valence-electron chi connectivity index (χ2n) is 5.24. The van der Waals surface area contributed by atoms with E-state index in [2.05, 4.69) is 10.6 Å². The number of hydrogen-bond donors (Lipinski definition) is 2. The van der Waals surface area contributed by atoms with E-state index in [4.69, 9.17) is 23.2 Å². The molecule has 8 heteroatoms. The zero-order valence-electron chi connectivity index (χ0n) is 13.1. The van der Waals surface area contributed by atoms with Crippen LogP contribution in [0.15, 0.2) is 36.4 Å². The van der Waals surface area contributed by atoms with E-state index in [1.165, 1.54) is 24.3 Å². The van der Waals surface area contributed by atoms with Crippen molar-refractivity contribution in [3.8, 4) is 0 Å². The van der Waals surface area contributed by atoms with E-state index in [9.17, 15) is 18.4 Å². The van der Waals surface area contributed by atoms with Gasteiger partial charge in [-0.15, -0.1) is 0 Å². The quantitative estimate of drug-likeness (QED) is 0.766. The number of carbonyl (C=O) groups is 2. The Morgan fingerprint density at radius 3 is 2.44 bits per heavy atom. The maximum atomic E-state index is 13.5. The smallest absolute Gasteiger partial charge is 0.254 e. The molecule has 0 spiro atoms. The van der Waals surface area contributed by atoms with E-state index < -0.39 is 29.5 Å². The number of halogens is 4. The largest absolute Gasteiger partial charge is 0.348 e. The molecule has 0 fully saturated rings. The Labute approximate surface area is 153 Å². The summed E-state index contributed by atoms with van der Waals surface area (Å²) in [4.78, 5) is 23.8. The van der Waals surface area contributed by atoms with Crippen LogP contribution in [0.5, 0.6) is 0 Å². The molecule has 0 aromatic heterocycles. The van der Waals surface area contributed by atoms with E-state index in [1.807, 2.05) is 0 Å². The molecule has 0 radical (unpaired) electrons. The van der Waals surface area contributed by atoms with Gasteiger partial charge < -0.3 is 10.6 Å². The Morgan fingerprint density at radius 2 is 1.76 bits per heavy atom. The summed E-state index contributed by atoms with van der Waals surface area (Å²) in [6.45, 7) is 1.23. The number of hydrogen-bond acceptors (Lipinski definition) is 2. The average Bonchev–Trinajstić information content (AvgIpc) is 2.56. The van der Waals surface area contributed by atoms with Crippen LogP contribution in [0.2, 0.25) is 10.0 Å². The van der Waals surface area contributed by atoms with Gasteiger partial charge in [0.1, 0.15) is 11.6 Å². The van der Waals surface area contributed by atoms with E-state index in [0.29, 0.717) is 5.56 Å². The van der Waals surface area contributed by atoms with Gasteiger partial charge in [0.2, 0.25) is 5.91 Å². The SMILES string of the molecule is C[C@H](NC(=O)CNC(=O)c1ccccc1F)c1cc(F)c(Cl)cc1Cl. The van der Waals surface area contributed by atoms with Crippen molar-refractivity contribution in [3.05, 3.63) is 69.2 Å². The Hall–Kier alpha value is -2.18. The van der Waals surface area contributed by atoms with Crippen molar-refractivity contribution in [1.82, 2.24) is 10.6 Å². The Balaban J connectivity index is 1.95. The van der Waals surface area contributed by atoms with Gasteiger partial charge in [-0.1, -0.05) is 35.3 Å². The zero-order chi connectivity index (χ0) is 18.6. The van der Waals surface area contributed by atoms with Crippen molar-refractivity contribution in [2.45, 2.75) is 13.0 Å². The Morgan fingerprint density at radius 1 is 1.08 bits per heavy atom. The summed E-state index contributed by atoms with van der Waals surface area (Å²) in [7, 11) is 0. The molecule has 2 aromatic rings. The molecule has 25 heavy (non-hydrogen) atoms. The van der Waals surface area contributed by atoms with Gasteiger partial charge in [-0.2, -0.15) is 0 Å². The summed E-state index contributed by atoms with van der Waals surface area (Å²) in [6.07, 6.45) is 0. The third-order valence-electron chi connectivity index (χ3n) is 3.41. The van der Waals surface area contributed by atoms with Crippen LogP contribution in [0.25, 0.3) is 0 Å². The summed E-state index contributed by atoms with van der Waals surface area (Å²) in [5.74, 6) is -2.59. The monoisotopic (exact) mass is 386 g/mol. The lowest BCUT2D eigenvalue weighted by Gasteiger charge is -2.16. The van der Waals surface area contributed by atoms with Gasteiger partial charge in [-0.25, -0.2) is 8.78 Å². The first-order chi connectivity index (χ1) is 11.8. The average molecular weight is 387 g/mol. The first-order valence-corrected chi connectivity index (χ1v) is 8.01. The summed E-state index contributed by atoms with van der Waals surface area (Å²) in [5.41, 5.74) is 0.184. The van der Waals surface area contributed by atoms with Gasteiger partial charge in [-0.3, -0.25) is 9.59 Å². The fourth-order valence-electron chi connectivity index (χ4n) is 2.14. The minimum absolute atomic E-state index is 0.121. The predicted molar refractivity (Wildman–Crippen MR) is 91.7 cm³/mol. The van der Waals surface area contributed by atoms with Crippen LogP contribution in [0.1, 0.15) is 28.9 Å². The molecule has 1 atom stereocenters. The molecule has 4 nitrogen and oxygen atoms in total. The molecule has 0 aliphatic carbocycles. The lowest BCUT2D eigenvalue weighted by Crippen LogP contribution is -2.38. The van der Waals surface area contributed by atoms with Crippen molar-refractivity contribution in [2.24, 2.45) is 0 Å². The van der Waals surface area contributed by atoms with Crippen LogP contribution in [0.3, 0.4) is 0 Å². The van der Waals surface area contributed by atoms with Crippen molar-refractivity contribution in [3.63, 3.8) is 0 Å². The first-order valence-electron chi connectivity index (χ1n) is 7.26. The third kappa shape index (κ3) is 4.90. The van der Waals surface area contributed by atoms with E-state index >= 15 is 0 Å².